The highest BCUT2D eigenvalue weighted by atomic mass is 127. The summed E-state index contributed by atoms with van der Waals surface area (Å²) in [7, 11) is 0. The lowest BCUT2D eigenvalue weighted by Gasteiger charge is -2.20. The van der Waals surface area contributed by atoms with Gasteiger partial charge in [-0.1, -0.05) is 20.8 Å². The number of halogens is 1. The second-order valence-corrected chi connectivity index (χ2v) is 7.00. The minimum atomic E-state index is 0.0617. The molecule has 0 saturated heterocycles. The minimum Gasteiger partial charge on any atom is -0.370 e. The van der Waals surface area contributed by atoms with Crippen LogP contribution in [0.5, 0.6) is 0 Å². The Kier molecular flexibility index (Phi) is 6.22. The molecule has 0 spiro atoms. The van der Waals surface area contributed by atoms with Gasteiger partial charge in [0.15, 0.2) is 5.82 Å². The molecule has 0 aromatic carbocycles. The average Bonchev–Trinajstić information content (AvgIpc) is 3.28. The van der Waals surface area contributed by atoms with Crippen LogP contribution in [-0.4, -0.2) is 23.1 Å². The Morgan fingerprint density at radius 2 is 2.00 bits per heavy atom. The second-order valence-electron chi connectivity index (χ2n) is 5.92. The number of nitrogens with one attached hydrogen (secondary N) is 1. The molecule has 0 aliphatic heterocycles. The van der Waals surface area contributed by atoms with Crippen LogP contribution in [0.25, 0.3) is 0 Å². The van der Waals surface area contributed by atoms with Gasteiger partial charge in [-0.05, 0) is 60.6 Å². The summed E-state index contributed by atoms with van der Waals surface area (Å²) in [6, 6.07) is 0. The molecule has 1 aromatic heterocycles. The molecule has 1 N–H and O–H groups in total. The summed E-state index contributed by atoms with van der Waals surface area (Å²) in [6.07, 6.45) is 3.61. The fraction of sp³-hybridized carbons (Fsp3) is 0.750. The predicted octanol–water partition coefficient (Wildman–Crippen LogP) is 4.51. The smallest absolute Gasteiger partial charge is 0.160 e. The van der Waals surface area contributed by atoms with Crippen LogP contribution in [0.1, 0.15) is 70.5 Å². The van der Waals surface area contributed by atoms with Gasteiger partial charge in [0.25, 0.3) is 0 Å². The molecular weight excluding hydrogens is 377 g/mol. The summed E-state index contributed by atoms with van der Waals surface area (Å²) < 4.78 is 7.08. The molecule has 1 aromatic rings. The molecule has 0 bridgehead atoms. The molecule has 4 nitrogen and oxygen atoms in total. The third kappa shape index (κ3) is 4.28. The fourth-order valence-corrected chi connectivity index (χ4v) is 3.41. The number of anilines is 1. The van der Waals surface area contributed by atoms with Crippen molar-refractivity contribution >= 4 is 28.4 Å². The predicted molar refractivity (Wildman–Crippen MR) is 94.7 cm³/mol. The van der Waals surface area contributed by atoms with E-state index in [1.54, 1.807) is 0 Å². The van der Waals surface area contributed by atoms with E-state index >= 15 is 0 Å². The zero-order valence-corrected chi connectivity index (χ0v) is 15.6. The molecule has 1 aliphatic rings. The molecule has 2 rings (SSSR count). The fourth-order valence-electron chi connectivity index (χ4n) is 2.35. The molecule has 1 fully saturated rings. The van der Waals surface area contributed by atoms with Crippen molar-refractivity contribution in [3.8, 4) is 0 Å². The van der Waals surface area contributed by atoms with E-state index in [4.69, 9.17) is 14.7 Å². The number of rotatable bonds is 8. The first-order valence-electron chi connectivity index (χ1n) is 8.01. The lowest BCUT2D eigenvalue weighted by atomic mass is 10.1. The van der Waals surface area contributed by atoms with Crippen molar-refractivity contribution in [1.82, 2.24) is 9.97 Å². The summed E-state index contributed by atoms with van der Waals surface area (Å²) in [5, 5.41) is 3.44. The Labute approximate surface area is 141 Å². The molecule has 1 unspecified atom stereocenters. The molecule has 1 atom stereocenters. The summed E-state index contributed by atoms with van der Waals surface area (Å²) in [6.45, 7) is 10.2. The molecule has 1 aliphatic carbocycles. The Morgan fingerprint density at radius 3 is 2.52 bits per heavy atom. The van der Waals surface area contributed by atoms with Crippen LogP contribution in [0.4, 0.5) is 5.82 Å². The Hall–Kier alpha value is -0.430. The van der Waals surface area contributed by atoms with Crippen LogP contribution >= 0.6 is 22.6 Å². The maximum atomic E-state index is 5.93. The van der Waals surface area contributed by atoms with Gasteiger partial charge < -0.3 is 10.1 Å². The summed E-state index contributed by atoms with van der Waals surface area (Å²) in [5.41, 5.74) is 1.13. The largest absolute Gasteiger partial charge is 0.370 e. The number of hydrogen-bond donors (Lipinski definition) is 1. The normalized spacial score (nSPS) is 16.3. The van der Waals surface area contributed by atoms with Gasteiger partial charge in [0.05, 0.1) is 9.26 Å². The van der Waals surface area contributed by atoms with Crippen LogP contribution in [0.2, 0.25) is 0 Å². The molecule has 5 heteroatoms. The van der Waals surface area contributed by atoms with Crippen molar-refractivity contribution < 1.29 is 4.74 Å². The van der Waals surface area contributed by atoms with E-state index in [1.807, 2.05) is 6.92 Å². The van der Waals surface area contributed by atoms with Gasteiger partial charge >= 0.3 is 0 Å². The van der Waals surface area contributed by atoms with E-state index in [0.717, 1.165) is 33.9 Å². The van der Waals surface area contributed by atoms with E-state index in [-0.39, 0.29) is 6.10 Å². The van der Waals surface area contributed by atoms with E-state index < -0.39 is 0 Å². The lowest BCUT2D eigenvalue weighted by molar-refractivity contribution is 0.0399. The zero-order chi connectivity index (χ0) is 15.4. The number of aromatic nitrogens is 2. The molecule has 21 heavy (non-hydrogen) atoms. The van der Waals surface area contributed by atoms with Gasteiger partial charge in [-0.25, -0.2) is 9.97 Å². The average molecular weight is 403 g/mol. The van der Waals surface area contributed by atoms with Gasteiger partial charge in [-0.15, -0.1) is 0 Å². The summed E-state index contributed by atoms with van der Waals surface area (Å²) in [4.78, 5) is 9.62. The lowest BCUT2D eigenvalue weighted by Crippen LogP contribution is -2.16. The maximum absolute atomic E-state index is 5.93. The molecule has 118 valence electrons. The molecule has 1 heterocycles. The quantitative estimate of drug-likeness (QED) is 0.649. The highest BCUT2D eigenvalue weighted by Gasteiger charge is 2.35. The van der Waals surface area contributed by atoms with Gasteiger partial charge in [0.1, 0.15) is 11.9 Å². The van der Waals surface area contributed by atoms with Crippen molar-refractivity contribution in [1.29, 1.82) is 0 Å². The zero-order valence-electron chi connectivity index (χ0n) is 13.4. The summed E-state index contributed by atoms with van der Waals surface area (Å²) >= 11 is 2.36. The Bertz CT molecular complexity index is 475. The third-order valence-corrected chi connectivity index (χ3v) is 4.70. The topological polar surface area (TPSA) is 47.0 Å². The Morgan fingerprint density at radius 1 is 1.29 bits per heavy atom. The SMILES string of the molecule is CCCNc1nc(C(OCC)C2CC2)nc(C(C)C)c1I. The highest BCUT2D eigenvalue weighted by molar-refractivity contribution is 14.1. The molecular formula is C16H26IN3O. The monoisotopic (exact) mass is 403 g/mol. The van der Waals surface area contributed by atoms with Gasteiger partial charge in [0, 0.05) is 13.2 Å². The first-order chi connectivity index (χ1) is 10.1. The van der Waals surface area contributed by atoms with Crippen molar-refractivity contribution in [2.45, 2.75) is 59.0 Å². The van der Waals surface area contributed by atoms with Crippen LogP contribution in [0.3, 0.4) is 0 Å². The third-order valence-electron chi connectivity index (χ3n) is 3.63. The second kappa shape index (κ2) is 7.72. The molecule has 0 amide bonds. The van der Waals surface area contributed by atoms with E-state index in [9.17, 15) is 0 Å². The molecule has 0 radical (unpaired) electrons. The highest BCUT2D eigenvalue weighted by Crippen LogP contribution is 2.43. The molecule has 1 saturated carbocycles. The van der Waals surface area contributed by atoms with Crippen LogP contribution in [-0.2, 0) is 4.74 Å². The number of ether oxygens (including phenoxy) is 1. The van der Waals surface area contributed by atoms with Crippen LogP contribution in [0.15, 0.2) is 0 Å². The van der Waals surface area contributed by atoms with Crippen LogP contribution in [0, 0.1) is 9.49 Å². The van der Waals surface area contributed by atoms with Crippen molar-refractivity contribution in [2.24, 2.45) is 5.92 Å². The van der Waals surface area contributed by atoms with Gasteiger partial charge in [-0.3, -0.25) is 0 Å². The number of hydrogen-bond acceptors (Lipinski definition) is 4. The van der Waals surface area contributed by atoms with E-state index in [2.05, 4.69) is 48.7 Å². The van der Waals surface area contributed by atoms with E-state index in [0.29, 0.717) is 18.4 Å². The standard InChI is InChI=1S/C16H26IN3O/c1-5-9-18-15-12(17)13(10(3)4)19-16(20-15)14(21-6-2)11-7-8-11/h10-11,14H,5-9H2,1-4H3,(H,18,19,20). The van der Waals surface area contributed by atoms with Gasteiger partial charge in [-0.2, -0.15) is 0 Å². The van der Waals surface area contributed by atoms with Crippen molar-refractivity contribution in [2.75, 3.05) is 18.5 Å². The van der Waals surface area contributed by atoms with Crippen molar-refractivity contribution in [3.63, 3.8) is 0 Å². The Balaban J connectivity index is 2.36. The first-order valence-corrected chi connectivity index (χ1v) is 9.09. The summed E-state index contributed by atoms with van der Waals surface area (Å²) in [5.74, 6) is 2.82. The minimum absolute atomic E-state index is 0.0617. The first kappa shape index (κ1) is 16.9. The van der Waals surface area contributed by atoms with Crippen molar-refractivity contribution in [3.05, 3.63) is 15.1 Å². The maximum Gasteiger partial charge on any atom is 0.160 e. The van der Waals surface area contributed by atoms with Gasteiger partial charge in [0.2, 0.25) is 0 Å². The number of nitrogens with zero attached hydrogens (tertiary/aromatic N) is 2. The van der Waals surface area contributed by atoms with E-state index in [1.165, 1.54) is 12.8 Å². The van der Waals surface area contributed by atoms with Crippen LogP contribution < -0.4 is 5.32 Å².